The lowest BCUT2D eigenvalue weighted by Gasteiger charge is -2.31. The minimum atomic E-state index is 0.0193. The van der Waals surface area contributed by atoms with E-state index in [0.717, 1.165) is 38.0 Å². The summed E-state index contributed by atoms with van der Waals surface area (Å²) in [5.74, 6) is 1.38. The standard InChI is InChI=1S/C18H26N2O3/c1-22-17-11-13(18(21)20-10-4-5-14(19)12-20)8-9-16(17)23-15-6-2-3-7-15/h8-9,11,14-15H,2-7,10,12,19H2,1H3/t14-/m1/s1. The van der Waals surface area contributed by atoms with Gasteiger partial charge in [0.15, 0.2) is 11.5 Å². The zero-order valence-electron chi connectivity index (χ0n) is 13.8. The van der Waals surface area contributed by atoms with Crippen LogP contribution in [-0.2, 0) is 0 Å². The van der Waals surface area contributed by atoms with Gasteiger partial charge in [-0.3, -0.25) is 4.79 Å². The maximum Gasteiger partial charge on any atom is 0.254 e. The highest BCUT2D eigenvalue weighted by Gasteiger charge is 2.24. The second-order valence-corrected chi connectivity index (χ2v) is 6.54. The highest BCUT2D eigenvalue weighted by Crippen LogP contribution is 2.32. The molecule has 1 saturated carbocycles. The van der Waals surface area contributed by atoms with E-state index in [1.165, 1.54) is 12.8 Å². The highest BCUT2D eigenvalue weighted by atomic mass is 16.5. The van der Waals surface area contributed by atoms with Crippen molar-refractivity contribution in [1.29, 1.82) is 0 Å². The van der Waals surface area contributed by atoms with Crippen LogP contribution in [0.4, 0.5) is 0 Å². The average molecular weight is 318 g/mol. The number of nitrogens with two attached hydrogens (primary N) is 1. The molecule has 1 aromatic rings. The Labute approximate surface area is 137 Å². The number of hydrogen-bond donors (Lipinski definition) is 1. The minimum absolute atomic E-state index is 0.0193. The van der Waals surface area contributed by atoms with Crippen LogP contribution in [0.5, 0.6) is 11.5 Å². The number of methoxy groups -OCH3 is 1. The molecule has 0 bridgehead atoms. The molecule has 5 nitrogen and oxygen atoms in total. The summed E-state index contributed by atoms with van der Waals surface area (Å²) < 4.78 is 11.5. The van der Waals surface area contributed by atoms with Crippen LogP contribution in [0.2, 0.25) is 0 Å². The van der Waals surface area contributed by atoms with Crippen molar-refractivity contribution in [2.45, 2.75) is 50.7 Å². The van der Waals surface area contributed by atoms with E-state index in [1.807, 2.05) is 17.0 Å². The number of amides is 1. The maximum absolute atomic E-state index is 12.6. The topological polar surface area (TPSA) is 64.8 Å². The largest absolute Gasteiger partial charge is 0.493 e. The Morgan fingerprint density at radius 2 is 1.96 bits per heavy atom. The first-order valence-electron chi connectivity index (χ1n) is 8.57. The molecule has 0 aromatic heterocycles. The smallest absolute Gasteiger partial charge is 0.254 e. The van der Waals surface area contributed by atoms with Gasteiger partial charge in [0.2, 0.25) is 0 Å². The van der Waals surface area contributed by atoms with Crippen molar-refractivity contribution in [1.82, 2.24) is 4.90 Å². The van der Waals surface area contributed by atoms with Gasteiger partial charge in [0.1, 0.15) is 0 Å². The van der Waals surface area contributed by atoms with E-state index in [9.17, 15) is 4.79 Å². The van der Waals surface area contributed by atoms with Crippen molar-refractivity contribution in [2.24, 2.45) is 5.73 Å². The third-order valence-corrected chi connectivity index (χ3v) is 4.75. The minimum Gasteiger partial charge on any atom is -0.493 e. The molecule has 2 N–H and O–H groups in total. The van der Waals surface area contributed by atoms with Gasteiger partial charge in [0.25, 0.3) is 5.91 Å². The zero-order valence-corrected chi connectivity index (χ0v) is 13.8. The summed E-state index contributed by atoms with van der Waals surface area (Å²) in [6, 6.07) is 5.55. The summed E-state index contributed by atoms with van der Waals surface area (Å²) in [7, 11) is 1.61. The molecule has 0 spiro atoms. The Morgan fingerprint density at radius 1 is 1.17 bits per heavy atom. The average Bonchev–Trinajstić information content (AvgIpc) is 3.07. The predicted octanol–water partition coefficient (Wildman–Crippen LogP) is 2.58. The molecule has 1 saturated heterocycles. The van der Waals surface area contributed by atoms with Crippen molar-refractivity contribution in [3.05, 3.63) is 23.8 Å². The second-order valence-electron chi connectivity index (χ2n) is 6.54. The summed E-state index contributed by atoms with van der Waals surface area (Å²) in [6.45, 7) is 1.40. The fraction of sp³-hybridized carbons (Fsp3) is 0.611. The van der Waals surface area contributed by atoms with Crippen LogP contribution < -0.4 is 15.2 Å². The van der Waals surface area contributed by atoms with Gasteiger partial charge in [-0.25, -0.2) is 0 Å². The molecule has 2 fully saturated rings. The maximum atomic E-state index is 12.6. The zero-order chi connectivity index (χ0) is 16.2. The number of ether oxygens (including phenoxy) is 2. The molecule has 0 radical (unpaired) electrons. The highest BCUT2D eigenvalue weighted by molar-refractivity contribution is 5.95. The number of nitrogens with zero attached hydrogens (tertiary/aromatic N) is 1. The number of rotatable bonds is 4. The van der Waals surface area contributed by atoms with E-state index in [-0.39, 0.29) is 18.1 Å². The van der Waals surface area contributed by atoms with Crippen LogP contribution >= 0.6 is 0 Å². The van der Waals surface area contributed by atoms with E-state index in [0.29, 0.717) is 17.9 Å². The van der Waals surface area contributed by atoms with Gasteiger partial charge in [0, 0.05) is 24.7 Å². The van der Waals surface area contributed by atoms with Crippen molar-refractivity contribution >= 4 is 5.91 Å². The van der Waals surface area contributed by atoms with Crippen molar-refractivity contribution in [2.75, 3.05) is 20.2 Å². The van der Waals surface area contributed by atoms with Crippen LogP contribution in [0.3, 0.4) is 0 Å². The van der Waals surface area contributed by atoms with Gasteiger partial charge in [-0.15, -0.1) is 0 Å². The Hall–Kier alpha value is -1.75. The first kappa shape index (κ1) is 16.1. The number of carbonyl (C=O) groups is 1. The number of piperidine rings is 1. The van der Waals surface area contributed by atoms with Gasteiger partial charge in [-0.2, -0.15) is 0 Å². The number of hydrogen-bond acceptors (Lipinski definition) is 4. The van der Waals surface area contributed by atoms with E-state index >= 15 is 0 Å². The molecule has 1 aliphatic heterocycles. The molecule has 1 amide bonds. The van der Waals surface area contributed by atoms with Gasteiger partial charge >= 0.3 is 0 Å². The number of benzene rings is 1. The number of likely N-dealkylation sites (tertiary alicyclic amines) is 1. The number of carbonyl (C=O) groups excluding carboxylic acids is 1. The molecule has 1 atom stereocenters. The molecule has 126 valence electrons. The summed E-state index contributed by atoms with van der Waals surface area (Å²) in [6.07, 6.45) is 6.85. The Morgan fingerprint density at radius 3 is 2.65 bits per heavy atom. The summed E-state index contributed by atoms with van der Waals surface area (Å²) >= 11 is 0. The molecule has 0 unspecified atom stereocenters. The fourth-order valence-electron chi connectivity index (χ4n) is 3.46. The van der Waals surface area contributed by atoms with Crippen molar-refractivity contribution < 1.29 is 14.3 Å². The molecule has 1 heterocycles. The SMILES string of the molecule is COc1cc(C(=O)N2CCC[C@@H](N)C2)ccc1OC1CCCC1. The second kappa shape index (κ2) is 7.21. The van der Waals surface area contributed by atoms with Crippen LogP contribution in [0.25, 0.3) is 0 Å². The monoisotopic (exact) mass is 318 g/mol. The summed E-state index contributed by atoms with van der Waals surface area (Å²) in [5, 5.41) is 0. The Kier molecular flexibility index (Phi) is 5.06. The Balaban J connectivity index is 1.73. The lowest BCUT2D eigenvalue weighted by molar-refractivity contribution is 0.0708. The first-order chi connectivity index (χ1) is 11.2. The van der Waals surface area contributed by atoms with Crippen LogP contribution in [-0.4, -0.2) is 43.2 Å². The normalized spacial score (nSPS) is 22.2. The molecule has 5 heteroatoms. The van der Waals surface area contributed by atoms with Gasteiger partial charge < -0.3 is 20.1 Å². The van der Waals surface area contributed by atoms with E-state index < -0.39 is 0 Å². The molecule has 1 aliphatic carbocycles. The molecule has 3 rings (SSSR count). The molecular formula is C18H26N2O3. The van der Waals surface area contributed by atoms with Crippen molar-refractivity contribution in [3.8, 4) is 11.5 Å². The lowest BCUT2D eigenvalue weighted by atomic mass is 10.1. The third kappa shape index (κ3) is 3.78. The van der Waals surface area contributed by atoms with Gasteiger partial charge in [-0.05, 0) is 56.7 Å². The predicted molar refractivity (Wildman–Crippen MR) is 89.0 cm³/mol. The van der Waals surface area contributed by atoms with Crippen LogP contribution in [0, 0.1) is 0 Å². The van der Waals surface area contributed by atoms with Crippen molar-refractivity contribution in [3.63, 3.8) is 0 Å². The van der Waals surface area contributed by atoms with Gasteiger partial charge in [0.05, 0.1) is 13.2 Å². The quantitative estimate of drug-likeness (QED) is 0.927. The molecule has 23 heavy (non-hydrogen) atoms. The lowest BCUT2D eigenvalue weighted by Crippen LogP contribution is -2.45. The Bertz CT molecular complexity index is 555. The summed E-state index contributed by atoms with van der Waals surface area (Å²) in [4.78, 5) is 14.5. The van der Waals surface area contributed by atoms with E-state index in [2.05, 4.69) is 0 Å². The summed E-state index contributed by atoms with van der Waals surface area (Å²) in [5.41, 5.74) is 6.61. The molecule has 1 aromatic carbocycles. The first-order valence-corrected chi connectivity index (χ1v) is 8.57. The third-order valence-electron chi connectivity index (χ3n) is 4.75. The molecule has 2 aliphatic rings. The van der Waals surface area contributed by atoms with Crippen LogP contribution in [0.1, 0.15) is 48.9 Å². The fourth-order valence-corrected chi connectivity index (χ4v) is 3.46. The van der Waals surface area contributed by atoms with Gasteiger partial charge in [-0.1, -0.05) is 0 Å². The van der Waals surface area contributed by atoms with E-state index in [4.69, 9.17) is 15.2 Å². The van der Waals surface area contributed by atoms with Crippen LogP contribution in [0.15, 0.2) is 18.2 Å². The molecular weight excluding hydrogens is 292 g/mol. The van der Waals surface area contributed by atoms with E-state index in [1.54, 1.807) is 13.2 Å².